The quantitative estimate of drug-likeness (QED) is 0.255. The Hall–Kier alpha value is -2.87. The molecule has 260 valence electrons. The number of fused-ring (bicyclic) bond motifs is 3. The fraction of sp³-hybridized carbons (Fsp3) is 0.634. The van der Waals surface area contributed by atoms with Crippen LogP contribution in [0.1, 0.15) is 98.5 Å². The highest BCUT2D eigenvalue weighted by Crippen LogP contribution is 2.74. The number of aliphatic hydroxyl groups is 3. The maximum Gasteiger partial charge on any atom is 0.331 e. The molecule has 0 bridgehead atoms. The lowest BCUT2D eigenvalue weighted by Gasteiger charge is -2.65. The Bertz CT molecular complexity index is 1570. The summed E-state index contributed by atoms with van der Waals surface area (Å²) >= 11 is 0. The molecule has 1 aromatic rings. The van der Waals surface area contributed by atoms with Crippen molar-refractivity contribution >= 4 is 23.6 Å². The molecular formula is C41H54O7. The Morgan fingerprint density at radius 2 is 1.69 bits per heavy atom. The van der Waals surface area contributed by atoms with Gasteiger partial charge < -0.3 is 20.4 Å². The van der Waals surface area contributed by atoms with Crippen LogP contribution in [0.25, 0.3) is 6.08 Å². The lowest BCUT2D eigenvalue weighted by molar-refractivity contribution is -0.157. The van der Waals surface area contributed by atoms with E-state index in [2.05, 4.69) is 20.8 Å². The van der Waals surface area contributed by atoms with Crippen LogP contribution in [0.2, 0.25) is 0 Å². The fourth-order valence-corrected chi connectivity index (χ4v) is 11.9. The predicted octanol–water partition coefficient (Wildman–Crippen LogP) is 6.56. The second-order valence-electron chi connectivity index (χ2n) is 16.9. The van der Waals surface area contributed by atoms with E-state index in [9.17, 15) is 30.0 Å². The third-order valence-corrected chi connectivity index (χ3v) is 14.3. The fourth-order valence-electron chi connectivity index (χ4n) is 11.9. The summed E-state index contributed by atoms with van der Waals surface area (Å²) in [5, 5.41) is 45.6. The molecule has 0 unspecified atom stereocenters. The number of aliphatic carboxylic acids is 1. The third kappa shape index (κ3) is 4.97. The molecule has 11 atom stereocenters. The average molecular weight is 659 g/mol. The van der Waals surface area contributed by atoms with Crippen LogP contribution in [0.3, 0.4) is 0 Å². The molecule has 1 aromatic carbocycles. The molecule has 4 N–H and O–H groups in total. The first kappa shape index (κ1) is 35.0. The van der Waals surface area contributed by atoms with Gasteiger partial charge in [0.15, 0.2) is 5.78 Å². The van der Waals surface area contributed by atoms with E-state index in [1.807, 2.05) is 56.3 Å². The Morgan fingerprint density at radius 3 is 2.35 bits per heavy atom. The van der Waals surface area contributed by atoms with Gasteiger partial charge in [-0.15, -0.1) is 0 Å². The molecule has 0 spiro atoms. The second-order valence-corrected chi connectivity index (χ2v) is 16.9. The zero-order chi connectivity index (χ0) is 35.0. The largest absolute Gasteiger partial charge is 0.478 e. The van der Waals surface area contributed by atoms with E-state index in [0.717, 1.165) is 24.8 Å². The van der Waals surface area contributed by atoms with Crippen molar-refractivity contribution in [2.24, 2.45) is 51.2 Å². The summed E-state index contributed by atoms with van der Waals surface area (Å²) in [4.78, 5) is 40.4. The van der Waals surface area contributed by atoms with Gasteiger partial charge >= 0.3 is 5.97 Å². The number of hydrogen-bond donors (Lipinski definition) is 4. The lowest BCUT2D eigenvalue weighted by Crippen LogP contribution is -2.65. The molecule has 0 radical (unpaired) electrons. The summed E-state index contributed by atoms with van der Waals surface area (Å²) in [6.45, 7) is 11.8. The Balaban J connectivity index is 1.53. The number of carbonyl (C=O) groups is 3. The van der Waals surface area contributed by atoms with Crippen LogP contribution in [0, 0.1) is 51.2 Å². The van der Waals surface area contributed by atoms with Crippen molar-refractivity contribution in [1.82, 2.24) is 0 Å². The smallest absolute Gasteiger partial charge is 0.331 e. The number of allylic oxidation sites excluding steroid dienone is 1. The predicted molar refractivity (Wildman–Crippen MR) is 184 cm³/mol. The number of benzene rings is 1. The molecular weight excluding hydrogens is 604 g/mol. The summed E-state index contributed by atoms with van der Waals surface area (Å²) in [5.41, 5.74) is -0.671. The number of hydrogen-bond acceptors (Lipinski definition) is 6. The van der Waals surface area contributed by atoms with Crippen LogP contribution in [-0.2, 0) is 14.4 Å². The Morgan fingerprint density at radius 1 is 1.02 bits per heavy atom. The lowest BCUT2D eigenvalue weighted by atomic mass is 9.38. The van der Waals surface area contributed by atoms with E-state index in [1.54, 1.807) is 0 Å². The molecule has 0 aromatic heterocycles. The van der Waals surface area contributed by atoms with Crippen LogP contribution < -0.4 is 0 Å². The molecule has 7 heteroatoms. The standard InChI is InChI=1S/C41H54O7/c1-23(37(47)48)20-26(42)21-25-14-10-11-15-28-35(46)32-33(41(6)31(44)22-29(25)40(28,41)5)34(45)27(17-16-24-12-8-7-9-13-24)36-38(2,3)30(43)18-19-39(32,36)4/h7-9,12-13,16-17,20,25-29,31,34,36,42,44-45H,10-11,14-15,18-19,21-22H2,1-6H3,(H,47,48)/t25-,26+,27+,28+,29+,31-,34+,36-,39+,40+,41+/m0/s1. The third-order valence-electron chi connectivity index (χ3n) is 14.3. The van der Waals surface area contributed by atoms with Gasteiger partial charge in [0.1, 0.15) is 5.78 Å². The van der Waals surface area contributed by atoms with Crippen molar-refractivity contribution in [3.8, 4) is 0 Å². The van der Waals surface area contributed by atoms with Gasteiger partial charge in [-0.05, 0) is 73.0 Å². The van der Waals surface area contributed by atoms with Gasteiger partial charge in [0.05, 0.1) is 18.3 Å². The van der Waals surface area contributed by atoms with Crippen molar-refractivity contribution in [3.63, 3.8) is 0 Å². The van der Waals surface area contributed by atoms with E-state index in [-0.39, 0.29) is 40.8 Å². The average Bonchev–Trinajstić information content (AvgIpc) is 3.23. The highest BCUT2D eigenvalue weighted by Gasteiger charge is 2.74. The number of aliphatic hydroxyl groups excluding tert-OH is 3. The SMILES string of the molecule is CC(=C[C@@H](O)C[C@@H]1CCCC[C@@H]2C(=O)C3=C([C@H](O)[C@@H](C=Cc4ccccc4)[C@H]4C(C)(C)C(=O)CC[C@]34C)[C@@]3(C)[C@@H](O)C[C@H]1[C@@]23C)C(=O)O. The normalized spacial score (nSPS) is 41.7. The van der Waals surface area contributed by atoms with Crippen molar-refractivity contribution in [2.45, 2.75) is 111 Å². The number of Topliss-reactive ketones (excluding diaryl/α,β-unsaturated/α-hetero) is 2. The highest BCUT2D eigenvalue weighted by atomic mass is 16.4. The van der Waals surface area contributed by atoms with Crippen molar-refractivity contribution in [3.05, 3.63) is 64.8 Å². The van der Waals surface area contributed by atoms with Gasteiger partial charge in [-0.1, -0.05) is 96.4 Å². The summed E-state index contributed by atoms with van der Waals surface area (Å²) in [7, 11) is 0. The molecule has 3 fully saturated rings. The summed E-state index contributed by atoms with van der Waals surface area (Å²) in [6, 6.07) is 9.90. The highest BCUT2D eigenvalue weighted by molar-refractivity contribution is 6.03. The minimum Gasteiger partial charge on any atom is -0.478 e. The molecule has 0 heterocycles. The molecule has 0 aliphatic heterocycles. The van der Waals surface area contributed by atoms with Crippen LogP contribution in [0.5, 0.6) is 0 Å². The van der Waals surface area contributed by atoms with Gasteiger partial charge in [0.2, 0.25) is 0 Å². The summed E-state index contributed by atoms with van der Waals surface area (Å²) < 4.78 is 0. The molecule has 3 saturated carbocycles. The van der Waals surface area contributed by atoms with E-state index in [4.69, 9.17) is 0 Å². The monoisotopic (exact) mass is 658 g/mol. The Kier molecular flexibility index (Phi) is 8.87. The zero-order valence-corrected chi connectivity index (χ0v) is 29.4. The molecule has 0 saturated heterocycles. The van der Waals surface area contributed by atoms with E-state index >= 15 is 4.79 Å². The molecule has 6 rings (SSSR count). The first-order valence-electron chi connectivity index (χ1n) is 18.0. The van der Waals surface area contributed by atoms with Gasteiger partial charge in [0.25, 0.3) is 0 Å². The van der Waals surface area contributed by atoms with Crippen molar-refractivity contribution < 1.29 is 34.8 Å². The van der Waals surface area contributed by atoms with Crippen molar-refractivity contribution in [2.75, 3.05) is 0 Å². The first-order chi connectivity index (χ1) is 22.5. The second kappa shape index (κ2) is 12.2. The van der Waals surface area contributed by atoms with Gasteiger partial charge in [0, 0.05) is 45.6 Å². The molecule has 5 aliphatic rings. The number of carbonyl (C=O) groups excluding carboxylic acids is 2. The minimum atomic E-state index is -1.07. The molecule has 5 aliphatic carbocycles. The first-order valence-corrected chi connectivity index (χ1v) is 18.0. The van der Waals surface area contributed by atoms with E-state index in [0.29, 0.717) is 43.3 Å². The number of rotatable bonds is 6. The van der Waals surface area contributed by atoms with Gasteiger partial charge in [-0.3, -0.25) is 9.59 Å². The van der Waals surface area contributed by atoms with E-state index < -0.39 is 51.9 Å². The van der Waals surface area contributed by atoms with E-state index in [1.165, 1.54) is 13.0 Å². The van der Waals surface area contributed by atoms with Gasteiger partial charge in [-0.2, -0.15) is 0 Å². The Labute approximate surface area is 285 Å². The molecule has 48 heavy (non-hydrogen) atoms. The number of carboxylic acids is 1. The maximum absolute atomic E-state index is 15.3. The number of carboxylic acid groups (broad SMARTS) is 1. The van der Waals surface area contributed by atoms with Crippen LogP contribution in [0.15, 0.2) is 59.2 Å². The van der Waals surface area contributed by atoms with Gasteiger partial charge in [-0.25, -0.2) is 4.79 Å². The molecule has 0 amide bonds. The topological polar surface area (TPSA) is 132 Å². The summed E-state index contributed by atoms with van der Waals surface area (Å²) in [6.07, 6.45) is 7.50. The number of ketones is 2. The molecule has 7 nitrogen and oxygen atoms in total. The van der Waals surface area contributed by atoms with Crippen LogP contribution in [-0.4, -0.2) is 56.3 Å². The van der Waals surface area contributed by atoms with Crippen LogP contribution >= 0.6 is 0 Å². The van der Waals surface area contributed by atoms with Crippen LogP contribution in [0.4, 0.5) is 0 Å². The minimum absolute atomic E-state index is 0.0406. The maximum atomic E-state index is 15.3. The van der Waals surface area contributed by atoms with Crippen molar-refractivity contribution in [1.29, 1.82) is 0 Å². The summed E-state index contributed by atoms with van der Waals surface area (Å²) in [5.74, 6) is -2.15. The zero-order valence-electron chi connectivity index (χ0n) is 29.4.